The molecule has 18 heteroatoms. The summed E-state index contributed by atoms with van der Waals surface area (Å²) in [6, 6.07) is 0. The zero-order chi connectivity index (χ0) is 66.5. The maximum atomic E-state index is 15.4. The average Bonchev–Trinajstić information content (AvgIpc) is 0.954. The molecule has 1 unspecified atom stereocenters. The van der Waals surface area contributed by atoms with E-state index >= 15 is 4.79 Å². The van der Waals surface area contributed by atoms with Gasteiger partial charge in [0.15, 0.2) is 41.6 Å². The molecule has 5 saturated heterocycles. The molecule has 8 bridgehead atoms. The van der Waals surface area contributed by atoms with Gasteiger partial charge in [-0.15, -0.1) is 0 Å². The predicted molar refractivity (Wildman–Crippen MR) is 372 cm³/mol. The molecule has 0 amide bonds. The summed E-state index contributed by atoms with van der Waals surface area (Å²) in [6.07, 6.45) is 5.27. The maximum Gasteiger partial charge on any atom is 0.193 e. The summed E-state index contributed by atoms with van der Waals surface area (Å²) in [5.41, 5.74) is 2.17. The highest BCUT2D eigenvalue weighted by molar-refractivity contribution is 6.76. The van der Waals surface area contributed by atoms with Crippen LogP contribution in [0.3, 0.4) is 0 Å². The van der Waals surface area contributed by atoms with Crippen molar-refractivity contribution < 1.29 is 60.5 Å². The second-order valence-corrected chi connectivity index (χ2v) is 59.5. The molecule has 0 aromatic rings. The highest BCUT2D eigenvalue weighted by Crippen LogP contribution is 2.50. The standard InChI is InChI=1S/C70H132O13Si5/c1-45-38-51-33-36-55-46(2)39-50(75-55)32-30-48(71)31-35-57(81-86(24,25)68(10,11)12)63-65(83-88(28,29)70(16,17)18)64(82-87(26,27)69(13,14)15)62-56(79-63)37-34-52(77-62)40-49(72)41-54-59(43-58(76-51)47(45)3)78-60(61(54)73-19)42-53(80-85(22,23)67(7,8)9)44-74-84(20,21)66(4,5)6/h31,35,45,48,50-65,71H,2-3,30,32-34,36-44H2,1,4-29H3/b35-31+/t45-,48?,50+,51+,52-,53+,54+,55+,56+,57+,58+,59+,60-,61-,62+,63+,64+,65-/m1/s1. The van der Waals surface area contributed by atoms with Crippen LogP contribution in [0.25, 0.3) is 0 Å². The molecule has 8 aliphatic heterocycles. The van der Waals surface area contributed by atoms with Crippen molar-refractivity contribution in [1.82, 2.24) is 0 Å². The van der Waals surface area contributed by atoms with Gasteiger partial charge in [-0.05, 0) is 159 Å². The van der Waals surface area contributed by atoms with Crippen molar-refractivity contribution in [3.05, 3.63) is 36.5 Å². The van der Waals surface area contributed by atoms with E-state index in [1.807, 2.05) is 6.08 Å². The first-order valence-corrected chi connectivity index (χ1v) is 48.9. The first kappa shape index (κ1) is 76.5. The third kappa shape index (κ3) is 18.7. The zero-order valence-electron chi connectivity index (χ0n) is 61.0. The summed E-state index contributed by atoms with van der Waals surface area (Å²) in [5.74, 6) is 0.0699. The van der Waals surface area contributed by atoms with E-state index in [0.717, 1.165) is 36.8 Å². The molecule has 8 heterocycles. The Hall–Kier alpha value is -0.506. The van der Waals surface area contributed by atoms with E-state index in [0.29, 0.717) is 45.1 Å². The van der Waals surface area contributed by atoms with Crippen LogP contribution in [0.1, 0.15) is 188 Å². The molecule has 8 aliphatic rings. The lowest BCUT2D eigenvalue weighted by atomic mass is 9.81. The largest absolute Gasteiger partial charge is 0.414 e. The van der Waals surface area contributed by atoms with Crippen LogP contribution in [0.5, 0.6) is 0 Å². The lowest BCUT2D eigenvalue weighted by molar-refractivity contribution is -0.266. The first-order chi connectivity index (χ1) is 40.0. The number of fused-ring (bicyclic) bond motifs is 2. The van der Waals surface area contributed by atoms with Crippen molar-refractivity contribution in [3.8, 4) is 0 Å². The molecule has 0 aliphatic carbocycles. The summed E-state index contributed by atoms with van der Waals surface area (Å²) in [5, 5.41) is 11.5. The van der Waals surface area contributed by atoms with Gasteiger partial charge in [0.25, 0.3) is 0 Å². The third-order valence-electron chi connectivity index (χ3n) is 23.7. The van der Waals surface area contributed by atoms with Crippen molar-refractivity contribution in [2.24, 2.45) is 11.8 Å². The van der Waals surface area contributed by atoms with Crippen LogP contribution >= 0.6 is 0 Å². The zero-order valence-corrected chi connectivity index (χ0v) is 66.0. The quantitative estimate of drug-likeness (QED) is 0.131. The summed E-state index contributed by atoms with van der Waals surface area (Å²) >= 11 is 0. The topological polar surface area (TPSA) is 139 Å². The summed E-state index contributed by atoms with van der Waals surface area (Å²) in [7, 11) is -10.3. The molecule has 5 fully saturated rings. The van der Waals surface area contributed by atoms with Crippen LogP contribution in [-0.2, 0) is 55.3 Å². The molecule has 0 aromatic carbocycles. The molecule has 0 saturated carbocycles. The van der Waals surface area contributed by atoms with E-state index < -0.39 is 84.3 Å². The van der Waals surface area contributed by atoms with E-state index in [1.165, 1.54) is 0 Å². The SMILES string of the molecule is C=C1C[C@@H]2CCC(O)/C=C/[C@H](O[Si](C)(C)C(C)(C)C)[C@@H]3O[C@H]4CC[C@H](CC(=O)C[C@@H]5[C@@H](OC)[C@@H](C[C@@H](CO[Si](C)(C)C(C)(C)C)O[Si](C)(C)C(C)(C)C)O[C@H]5C[C@@H]5O[C@@H](CC[C@@H]1O2)C[C@@H](C)C5=C)O[C@@H]4[C@H](O[Si](C)(C)C(C)(C)C)[C@@H]3O[Si](C)(C)C(C)(C)C. The van der Waals surface area contributed by atoms with Crippen LogP contribution in [0.15, 0.2) is 36.5 Å². The molecule has 8 rings (SSSR count). The minimum absolute atomic E-state index is 0.0128. The van der Waals surface area contributed by atoms with Gasteiger partial charge in [-0.2, -0.15) is 0 Å². The Morgan fingerprint density at radius 1 is 0.545 bits per heavy atom. The van der Waals surface area contributed by atoms with Crippen LogP contribution in [0.2, 0.25) is 90.7 Å². The molecule has 88 heavy (non-hydrogen) atoms. The van der Waals surface area contributed by atoms with Gasteiger partial charge in [0.1, 0.15) is 30.2 Å². The van der Waals surface area contributed by atoms with Gasteiger partial charge in [0.2, 0.25) is 0 Å². The fourth-order valence-electron chi connectivity index (χ4n) is 12.5. The second-order valence-electron chi connectivity index (χ2n) is 35.7. The molecule has 510 valence electrons. The van der Waals surface area contributed by atoms with Crippen molar-refractivity contribution in [1.29, 1.82) is 0 Å². The molecule has 0 spiro atoms. The Morgan fingerprint density at radius 3 is 1.61 bits per heavy atom. The monoisotopic (exact) mass is 1320 g/mol. The van der Waals surface area contributed by atoms with Crippen molar-refractivity contribution in [2.45, 2.75) is 376 Å². The van der Waals surface area contributed by atoms with Crippen LogP contribution < -0.4 is 0 Å². The fourth-order valence-corrected chi connectivity index (χ4v) is 18.8. The number of rotatable bonds is 14. The molecule has 18 atom stereocenters. The van der Waals surface area contributed by atoms with Gasteiger partial charge < -0.3 is 55.7 Å². The Balaban J connectivity index is 1.45. The third-order valence-corrected chi connectivity index (χ3v) is 46.1. The van der Waals surface area contributed by atoms with E-state index in [1.54, 1.807) is 7.11 Å². The number of carbonyl (C=O) groups excluding carboxylic acids is 1. The Bertz CT molecular complexity index is 2360. The van der Waals surface area contributed by atoms with E-state index in [-0.39, 0.29) is 111 Å². The number of hydrogen-bond donors (Lipinski definition) is 1. The Kier molecular flexibility index (Phi) is 24.9. The summed E-state index contributed by atoms with van der Waals surface area (Å²) in [4.78, 5) is 15.4. The van der Waals surface area contributed by atoms with Gasteiger partial charge in [0.05, 0.1) is 79.9 Å². The Labute approximate surface area is 543 Å². The second kappa shape index (κ2) is 28.7. The number of aliphatic hydroxyl groups excluding tert-OH is 1. The molecular formula is C70H132O13Si5. The number of carbonyl (C=O) groups is 1. The van der Waals surface area contributed by atoms with Crippen molar-refractivity contribution in [2.75, 3.05) is 13.7 Å². The van der Waals surface area contributed by atoms with Crippen molar-refractivity contribution in [3.63, 3.8) is 0 Å². The van der Waals surface area contributed by atoms with Gasteiger partial charge >= 0.3 is 0 Å². The molecule has 1 N–H and O–H groups in total. The number of ether oxygens (including phenoxy) is 6. The van der Waals surface area contributed by atoms with Crippen LogP contribution in [0, 0.1) is 11.8 Å². The number of ketones is 1. The fraction of sp³-hybridized carbons (Fsp3) is 0.900. The smallest absolute Gasteiger partial charge is 0.193 e. The number of Topliss-reactive ketones (excluding diaryl/α,β-unsaturated/α-hetero) is 1. The highest BCUT2D eigenvalue weighted by atomic mass is 28.4. The predicted octanol–water partition coefficient (Wildman–Crippen LogP) is 17.0. The molecule has 13 nitrogen and oxygen atoms in total. The van der Waals surface area contributed by atoms with Crippen LogP contribution in [-0.4, -0.2) is 164 Å². The van der Waals surface area contributed by atoms with E-state index in [2.05, 4.69) is 195 Å². The molecular weight excluding hydrogens is 1190 g/mol. The van der Waals surface area contributed by atoms with Gasteiger partial charge in [0, 0.05) is 38.7 Å². The lowest BCUT2D eigenvalue weighted by Gasteiger charge is -2.56. The summed E-state index contributed by atoms with van der Waals surface area (Å²) < 4.78 is 80.5. The number of aliphatic hydroxyl groups is 1. The van der Waals surface area contributed by atoms with Gasteiger partial charge in [-0.3, -0.25) is 4.79 Å². The van der Waals surface area contributed by atoms with E-state index in [4.69, 9.17) is 50.6 Å². The first-order valence-electron chi connectivity index (χ1n) is 34.4. The molecule has 0 radical (unpaired) electrons. The average molecular weight is 1320 g/mol. The minimum Gasteiger partial charge on any atom is -0.414 e. The van der Waals surface area contributed by atoms with Crippen molar-refractivity contribution >= 4 is 47.4 Å². The Morgan fingerprint density at radius 2 is 1.06 bits per heavy atom. The minimum atomic E-state index is -2.58. The van der Waals surface area contributed by atoms with E-state index in [9.17, 15) is 5.11 Å². The number of hydrogen-bond acceptors (Lipinski definition) is 13. The summed E-state index contributed by atoms with van der Waals surface area (Å²) in [6.45, 7) is 69.2. The maximum absolute atomic E-state index is 15.4. The number of methoxy groups -OCH3 is 1. The molecule has 0 aromatic heterocycles. The highest BCUT2D eigenvalue weighted by Gasteiger charge is 2.59. The van der Waals surface area contributed by atoms with Gasteiger partial charge in [-0.1, -0.05) is 136 Å². The van der Waals surface area contributed by atoms with Gasteiger partial charge in [-0.25, -0.2) is 0 Å². The van der Waals surface area contributed by atoms with Crippen LogP contribution in [0.4, 0.5) is 0 Å². The normalized spacial score (nSPS) is 35.4. The lowest BCUT2D eigenvalue weighted by Crippen LogP contribution is -2.69.